The molecular formula is C38H56N2O2S. The lowest BCUT2D eigenvalue weighted by atomic mass is 9.84. The fraction of sp³-hybridized carbons (Fsp3) is 0.500. The van der Waals surface area contributed by atoms with E-state index in [9.17, 15) is 4.79 Å². The fourth-order valence-electron chi connectivity index (χ4n) is 5.36. The molecule has 0 aliphatic rings. The van der Waals surface area contributed by atoms with Crippen LogP contribution in [0.3, 0.4) is 0 Å². The van der Waals surface area contributed by atoms with Gasteiger partial charge >= 0.3 is 0 Å². The molecule has 0 aliphatic heterocycles. The average molecular weight is 605 g/mol. The highest BCUT2D eigenvalue weighted by Gasteiger charge is 2.36. The Labute approximate surface area is 266 Å². The largest absolute Gasteiger partial charge is 0.497 e. The molecule has 0 unspecified atom stereocenters. The number of carbonyl (C=O) groups excluding carboxylic acids is 1. The van der Waals surface area contributed by atoms with Crippen LogP contribution in [0.5, 0.6) is 5.75 Å². The van der Waals surface area contributed by atoms with E-state index >= 15 is 0 Å². The molecule has 0 saturated heterocycles. The number of hydrogen-bond acceptors (Lipinski definition) is 4. The molecule has 0 heterocycles. The zero-order valence-corrected chi connectivity index (χ0v) is 27.8. The zero-order chi connectivity index (χ0) is 31.0. The second-order valence-electron chi connectivity index (χ2n) is 10.8. The first-order chi connectivity index (χ1) is 21.2. The minimum atomic E-state index is -0.272. The first-order valence-corrected chi connectivity index (χ1v) is 17.6. The summed E-state index contributed by atoms with van der Waals surface area (Å²) in [6.45, 7) is 5.52. The van der Waals surface area contributed by atoms with Crippen LogP contribution in [-0.2, 0) is 9.54 Å². The monoisotopic (exact) mass is 604 g/mol. The molecule has 5 heteroatoms. The maximum Gasteiger partial charge on any atom is 0.219 e. The Morgan fingerprint density at radius 3 is 1.70 bits per heavy atom. The summed E-state index contributed by atoms with van der Waals surface area (Å²) in [5, 5.41) is 3.03. The zero-order valence-electron chi connectivity index (χ0n) is 27.0. The van der Waals surface area contributed by atoms with Crippen molar-refractivity contribution in [3.63, 3.8) is 0 Å². The molecule has 0 saturated carbocycles. The van der Waals surface area contributed by atoms with Crippen molar-refractivity contribution in [3.8, 4) is 5.75 Å². The smallest absolute Gasteiger partial charge is 0.219 e. The number of rotatable bonds is 21. The quantitative estimate of drug-likeness (QED) is 0.0939. The summed E-state index contributed by atoms with van der Waals surface area (Å²) >= 11 is 2.04. The fourth-order valence-corrected chi connectivity index (χ4v) is 6.92. The number of unbranched alkanes of at least 4 members (excludes halogenated alkanes) is 9. The second-order valence-corrected chi connectivity index (χ2v) is 12.1. The lowest BCUT2D eigenvalue weighted by Gasteiger charge is -2.35. The van der Waals surface area contributed by atoms with E-state index < -0.39 is 0 Å². The highest BCUT2D eigenvalue weighted by Crippen LogP contribution is 2.49. The molecule has 1 amide bonds. The van der Waals surface area contributed by atoms with Crippen molar-refractivity contribution < 1.29 is 9.53 Å². The number of carbonyl (C=O) groups is 1. The third-order valence-electron chi connectivity index (χ3n) is 7.68. The normalized spacial score (nSPS) is 11.0. The molecule has 0 aromatic heterocycles. The maximum atomic E-state index is 11.9. The van der Waals surface area contributed by atoms with E-state index in [0.717, 1.165) is 56.7 Å². The van der Waals surface area contributed by atoms with Gasteiger partial charge in [-0.2, -0.15) is 0 Å². The van der Waals surface area contributed by atoms with Gasteiger partial charge in [0.15, 0.2) is 0 Å². The van der Waals surface area contributed by atoms with Crippen LogP contribution in [0.2, 0.25) is 0 Å². The Hall–Kier alpha value is -2.76. The van der Waals surface area contributed by atoms with Crippen LogP contribution in [-0.4, -0.2) is 31.9 Å². The van der Waals surface area contributed by atoms with Crippen molar-refractivity contribution in [1.82, 2.24) is 5.32 Å². The number of thioether (sulfide) groups is 1. The molecule has 0 spiro atoms. The number of hydrogen-bond donors (Lipinski definition) is 2. The lowest BCUT2D eigenvalue weighted by Crippen LogP contribution is -2.26. The van der Waals surface area contributed by atoms with Crippen LogP contribution in [0.1, 0.15) is 108 Å². The predicted molar refractivity (Wildman–Crippen MR) is 187 cm³/mol. The predicted octanol–water partition coefficient (Wildman–Crippen LogP) is 9.50. The van der Waals surface area contributed by atoms with Crippen LogP contribution < -0.4 is 15.8 Å². The average Bonchev–Trinajstić information content (AvgIpc) is 3.07. The standard InChI is InChI=1S/C36H50N2O2S.C2H6/c1-40-34-26-24-33(25-27-34)36(31-19-11-8-12-20-31,32-21-13-9-14-22-32)41-30-18-7-5-3-2-4-6-15-23-35(39)38-29-17-10-16-28-37;1-2/h8-9,11-14,19-22,24-27H,2-7,10,15-18,23,28-30,37H2,1H3,(H,38,39);1-2H3. The Morgan fingerprint density at radius 1 is 0.674 bits per heavy atom. The van der Waals surface area contributed by atoms with Crippen molar-refractivity contribution in [3.05, 3.63) is 102 Å². The van der Waals surface area contributed by atoms with Gasteiger partial charge in [0.1, 0.15) is 5.75 Å². The van der Waals surface area contributed by atoms with Crippen molar-refractivity contribution >= 4 is 17.7 Å². The SMILES string of the molecule is CC.COc1ccc(C(SCCCCCCCCCCC(=O)NCCCCCN)(c2ccccc2)c2ccccc2)cc1. The summed E-state index contributed by atoms with van der Waals surface area (Å²) < 4.78 is 5.20. The van der Waals surface area contributed by atoms with Gasteiger partial charge in [0.2, 0.25) is 5.91 Å². The van der Waals surface area contributed by atoms with Crippen molar-refractivity contribution in [2.45, 2.75) is 95.6 Å². The molecule has 0 radical (unpaired) electrons. The van der Waals surface area contributed by atoms with Crippen LogP contribution in [0.25, 0.3) is 0 Å². The first kappa shape index (κ1) is 36.4. The molecule has 236 valence electrons. The highest BCUT2D eigenvalue weighted by molar-refractivity contribution is 8.00. The molecule has 3 aromatic rings. The van der Waals surface area contributed by atoms with Gasteiger partial charge in [0.25, 0.3) is 0 Å². The number of benzene rings is 3. The van der Waals surface area contributed by atoms with Crippen LogP contribution in [0.4, 0.5) is 0 Å². The Bertz CT molecular complexity index is 1050. The summed E-state index contributed by atoms with van der Waals surface area (Å²) in [7, 11) is 1.72. The molecule has 4 nitrogen and oxygen atoms in total. The van der Waals surface area contributed by atoms with Crippen LogP contribution >= 0.6 is 11.8 Å². The third-order valence-corrected chi connectivity index (χ3v) is 9.31. The van der Waals surface area contributed by atoms with Gasteiger partial charge in [-0.3, -0.25) is 4.79 Å². The Kier molecular flexibility index (Phi) is 19.3. The van der Waals surface area contributed by atoms with E-state index in [-0.39, 0.29) is 10.7 Å². The van der Waals surface area contributed by atoms with Gasteiger partial charge in [0, 0.05) is 13.0 Å². The van der Waals surface area contributed by atoms with E-state index in [0.29, 0.717) is 6.42 Å². The van der Waals surface area contributed by atoms with Gasteiger partial charge in [-0.15, -0.1) is 11.8 Å². The summed E-state index contributed by atoms with van der Waals surface area (Å²) in [4.78, 5) is 11.9. The maximum absolute atomic E-state index is 11.9. The van der Waals surface area contributed by atoms with Gasteiger partial charge in [-0.05, 0) is 66.8 Å². The lowest BCUT2D eigenvalue weighted by molar-refractivity contribution is -0.121. The van der Waals surface area contributed by atoms with E-state index in [1.807, 2.05) is 25.6 Å². The van der Waals surface area contributed by atoms with Gasteiger partial charge < -0.3 is 15.8 Å². The highest BCUT2D eigenvalue weighted by atomic mass is 32.2. The molecule has 3 aromatic carbocycles. The van der Waals surface area contributed by atoms with Gasteiger partial charge in [-0.1, -0.05) is 132 Å². The number of nitrogens with one attached hydrogen (secondary N) is 1. The molecule has 0 fully saturated rings. The Morgan fingerprint density at radius 2 is 1.16 bits per heavy atom. The van der Waals surface area contributed by atoms with E-state index in [2.05, 4.69) is 90.2 Å². The van der Waals surface area contributed by atoms with Crippen molar-refractivity contribution in [2.75, 3.05) is 26.0 Å². The molecule has 3 rings (SSSR count). The molecule has 3 N–H and O–H groups in total. The van der Waals surface area contributed by atoms with Crippen molar-refractivity contribution in [1.29, 1.82) is 0 Å². The molecular weight excluding hydrogens is 548 g/mol. The summed E-state index contributed by atoms with van der Waals surface area (Å²) in [6, 6.07) is 30.4. The molecule has 0 bridgehead atoms. The number of nitrogens with two attached hydrogens (primary N) is 1. The van der Waals surface area contributed by atoms with E-state index in [1.54, 1.807) is 7.11 Å². The Balaban J connectivity index is 0.00000316. The molecule has 0 atom stereocenters. The van der Waals surface area contributed by atoms with E-state index in [1.165, 1.54) is 55.2 Å². The number of amides is 1. The van der Waals surface area contributed by atoms with E-state index in [4.69, 9.17) is 10.5 Å². The van der Waals surface area contributed by atoms with Crippen LogP contribution in [0, 0.1) is 0 Å². The summed E-state index contributed by atoms with van der Waals surface area (Å²) in [6.07, 6.45) is 13.5. The first-order valence-electron chi connectivity index (χ1n) is 16.6. The molecule has 0 aliphatic carbocycles. The van der Waals surface area contributed by atoms with Gasteiger partial charge in [0.05, 0.1) is 11.9 Å². The van der Waals surface area contributed by atoms with Crippen LogP contribution in [0.15, 0.2) is 84.9 Å². The van der Waals surface area contributed by atoms with Crippen molar-refractivity contribution in [2.24, 2.45) is 5.73 Å². The molecule has 43 heavy (non-hydrogen) atoms. The topological polar surface area (TPSA) is 64.3 Å². The second kappa shape index (κ2) is 22.7. The van der Waals surface area contributed by atoms with Gasteiger partial charge in [-0.25, -0.2) is 0 Å². The summed E-state index contributed by atoms with van der Waals surface area (Å²) in [5.74, 6) is 2.18. The summed E-state index contributed by atoms with van der Waals surface area (Å²) in [5.41, 5.74) is 9.40. The number of ether oxygens (including phenoxy) is 1. The minimum Gasteiger partial charge on any atom is -0.497 e. The third kappa shape index (κ3) is 12.8. The number of methoxy groups -OCH3 is 1. The minimum absolute atomic E-state index is 0.201.